The third-order valence-corrected chi connectivity index (χ3v) is 3.43. The van der Waals surface area contributed by atoms with Gasteiger partial charge in [0.15, 0.2) is 0 Å². The molecule has 0 aliphatic carbocycles. The molecule has 0 aliphatic rings. The lowest BCUT2D eigenvalue weighted by molar-refractivity contribution is -0.144. The van der Waals surface area contributed by atoms with Crippen LogP contribution in [0.2, 0.25) is 0 Å². The molecule has 0 aromatic heterocycles. The van der Waals surface area contributed by atoms with Gasteiger partial charge in [0.25, 0.3) is 0 Å². The monoisotopic (exact) mass is 311 g/mol. The van der Waals surface area contributed by atoms with Gasteiger partial charge in [0.2, 0.25) is 5.91 Å². The maximum absolute atomic E-state index is 12.2. The van der Waals surface area contributed by atoms with E-state index >= 15 is 0 Å². The zero-order valence-corrected chi connectivity index (χ0v) is 13.2. The Bertz CT molecular complexity index is 586. The van der Waals surface area contributed by atoms with Crippen molar-refractivity contribution in [2.45, 2.75) is 25.8 Å². The molecule has 1 amide bonds. The number of carbonyl (C=O) groups excluding carboxylic acids is 2. The van der Waals surface area contributed by atoms with Crippen molar-refractivity contribution in [1.82, 2.24) is 5.32 Å². The van der Waals surface area contributed by atoms with E-state index in [1.54, 1.807) is 6.92 Å². The van der Waals surface area contributed by atoms with Crippen molar-refractivity contribution in [2.24, 2.45) is 0 Å². The lowest BCUT2D eigenvalue weighted by Gasteiger charge is -2.19. The van der Waals surface area contributed by atoms with Crippen LogP contribution in [0.25, 0.3) is 0 Å². The number of hydrogen-bond donors (Lipinski definition) is 1. The molecule has 2 aromatic rings. The molecular formula is C19H21NO3. The van der Waals surface area contributed by atoms with E-state index in [1.165, 1.54) is 0 Å². The van der Waals surface area contributed by atoms with Crippen LogP contribution in [0.3, 0.4) is 0 Å². The smallest absolute Gasteiger partial charge is 0.306 e. The highest BCUT2D eigenvalue weighted by molar-refractivity contribution is 5.81. The molecule has 0 atom stereocenters. The summed E-state index contributed by atoms with van der Waals surface area (Å²) in [5, 5.41) is 3.00. The van der Waals surface area contributed by atoms with Gasteiger partial charge in [-0.1, -0.05) is 60.7 Å². The van der Waals surface area contributed by atoms with Gasteiger partial charge in [-0.2, -0.15) is 0 Å². The third kappa shape index (κ3) is 5.25. The number of hydrogen-bond acceptors (Lipinski definition) is 3. The molecule has 0 heterocycles. The van der Waals surface area contributed by atoms with Gasteiger partial charge in [0.05, 0.1) is 19.1 Å². The normalized spacial score (nSPS) is 10.3. The van der Waals surface area contributed by atoms with Gasteiger partial charge in [0.1, 0.15) is 0 Å². The second kappa shape index (κ2) is 8.73. The van der Waals surface area contributed by atoms with Crippen molar-refractivity contribution in [3.05, 3.63) is 71.8 Å². The van der Waals surface area contributed by atoms with Crippen LogP contribution in [0.4, 0.5) is 0 Å². The summed E-state index contributed by atoms with van der Waals surface area (Å²) in [6.45, 7) is 2.08. The Morgan fingerprint density at radius 1 is 0.913 bits per heavy atom. The molecule has 0 fully saturated rings. The van der Waals surface area contributed by atoms with Crippen LogP contribution in [0.15, 0.2) is 60.7 Å². The van der Waals surface area contributed by atoms with Crippen molar-refractivity contribution in [2.75, 3.05) is 6.61 Å². The Hall–Kier alpha value is -2.62. The molecular weight excluding hydrogens is 290 g/mol. The summed E-state index contributed by atoms with van der Waals surface area (Å²) < 4.78 is 4.85. The summed E-state index contributed by atoms with van der Waals surface area (Å²) >= 11 is 0. The predicted molar refractivity (Wildman–Crippen MR) is 88.7 cm³/mol. The molecule has 0 saturated heterocycles. The molecule has 1 N–H and O–H groups in total. The van der Waals surface area contributed by atoms with Crippen LogP contribution in [0.1, 0.15) is 36.9 Å². The molecule has 0 aliphatic heterocycles. The fourth-order valence-corrected chi connectivity index (χ4v) is 2.33. The minimum Gasteiger partial charge on any atom is -0.466 e. The van der Waals surface area contributed by atoms with E-state index in [-0.39, 0.29) is 30.8 Å². The first-order chi connectivity index (χ1) is 11.2. The summed E-state index contributed by atoms with van der Waals surface area (Å²) in [5.74, 6) is -0.519. The van der Waals surface area contributed by atoms with Gasteiger partial charge < -0.3 is 10.1 Å². The average Bonchev–Trinajstić information content (AvgIpc) is 2.60. The molecule has 120 valence electrons. The summed E-state index contributed by atoms with van der Waals surface area (Å²) in [4.78, 5) is 23.6. The topological polar surface area (TPSA) is 55.4 Å². The molecule has 0 unspecified atom stereocenters. The highest BCUT2D eigenvalue weighted by Crippen LogP contribution is 2.21. The fourth-order valence-electron chi connectivity index (χ4n) is 2.33. The van der Waals surface area contributed by atoms with E-state index in [4.69, 9.17) is 4.74 Å². The summed E-state index contributed by atoms with van der Waals surface area (Å²) in [5.41, 5.74) is 2.01. The van der Waals surface area contributed by atoms with E-state index in [0.29, 0.717) is 6.61 Å². The van der Waals surface area contributed by atoms with Crippen LogP contribution in [-0.4, -0.2) is 18.5 Å². The Kier molecular flexibility index (Phi) is 6.36. The van der Waals surface area contributed by atoms with E-state index in [2.05, 4.69) is 5.32 Å². The Morgan fingerprint density at radius 2 is 1.43 bits per heavy atom. The quantitative estimate of drug-likeness (QED) is 0.799. The van der Waals surface area contributed by atoms with Crippen LogP contribution < -0.4 is 5.32 Å². The number of benzene rings is 2. The Balaban J connectivity index is 2.07. The molecule has 0 saturated carbocycles. The van der Waals surface area contributed by atoms with Crippen LogP contribution >= 0.6 is 0 Å². The van der Waals surface area contributed by atoms with Crippen molar-refractivity contribution in [1.29, 1.82) is 0 Å². The highest BCUT2D eigenvalue weighted by Gasteiger charge is 2.17. The van der Waals surface area contributed by atoms with Gasteiger partial charge in [-0.15, -0.1) is 0 Å². The Morgan fingerprint density at radius 3 is 1.91 bits per heavy atom. The lowest BCUT2D eigenvalue weighted by atomic mass is 9.98. The van der Waals surface area contributed by atoms with Gasteiger partial charge in [-0.3, -0.25) is 9.59 Å². The van der Waals surface area contributed by atoms with Crippen LogP contribution in [0, 0.1) is 0 Å². The van der Waals surface area contributed by atoms with E-state index in [0.717, 1.165) is 11.1 Å². The van der Waals surface area contributed by atoms with E-state index in [1.807, 2.05) is 60.7 Å². The van der Waals surface area contributed by atoms with Gasteiger partial charge in [-0.25, -0.2) is 0 Å². The minimum absolute atomic E-state index is 0.0932. The molecule has 2 rings (SSSR count). The predicted octanol–water partition coefficient (Wildman–Crippen LogP) is 3.24. The first-order valence-corrected chi connectivity index (χ1v) is 7.75. The van der Waals surface area contributed by atoms with Gasteiger partial charge in [0, 0.05) is 6.42 Å². The molecule has 0 bridgehead atoms. The van der Waals surface area contributed by atoms with Crippen LogP contribution in [-0.2, 0) is 14.3 Å². The lowest BCUT2D eigenvalue weighted by Crippen LogP contribution is -2.29. The summed E-state index contributed by atoms with van der Waals surface area (Å²) in [6.07, 6.45) is 0.213. The standard InChI is InChI=1S/C19H21NO3/c1-2-23-18(22)14-13-17(21)20-19(15-9-5-3-6-10-15)16-11-7-4-8-12-16/h3-12,19H,2,13-14H2,1H3,(H,20,21). The van der Waals surface area contributed by atoms with Crippen molar-refractivity contribution < 1.29 is 14.3 Å². The average molecular weight is 311 g/mol. The fraction of sp³-hybridized carbons (Fsp3) is 0.263. The molecule has 23 heavy (non-hydrogen) atoms. The number of amides is 1. The molecule has 4 nitrogen and oxygen atoms in total. The maximum atomic E-state index is 12.2. The minimum atomic E-state index is -0.348. The number of ether oxygens (including phenoxy) is 1. The highest BCUT2D eigenvalue weighted by atomic mass is 16.5. The second-order valence-electron chi connectivity index (χ2n) is 5.13. The molecule has 0 radical (unpaired) electrons. The van der Waals surface area contributed by atoms with Gasteiger partial charge >= 0.3 is 5.97 Å². The molecule has 2 aromatic carbocycles. The Labute approximate surface area is 136 Å². The zero-order valence-electron chi connectivity index (χ0n) is 13.2. The van der Waals surface area contributed by atoms with E-state index < -0.39 is 0 Å². The number of esters is 1. The van der Waals surface area contributed by atoms with Crippen molar-refractivity contribution >= 4 is 11.9 Å². The third-order valence-electron chi connectivity index (χ3n) is 3.43. The van der Waals surface area contributed by atoms with Crippen LogP contribution in [0.5, 0.6) is 0 Å². The van der Waals surface area contributed by atoms with Crippen molar-refractivity contribution in [3.8, 4) is 0 Å². The molecule has 0 spiro atoms. The summed E-state index contributed by atoms with van der Waals surface area (Å²) in [6, 6.07) is 19.3. The largest absolute Gasteiger partial charge is 0.466 e. The first kappa shape index (κ1) is 16.7. The SMILES string of the molecule is CCOC(=O)CCC(=O)NC(c1ccccc1)c1ccccc1. The number of nitrogens with one attached hydrogen (secondary N) is 1. The second-order valence-corrected chi connectivity index (χ2v) is 5.13. The first-order valence-electron chi connectivity index (χ1n) is 7.75. The molecule has 4 heteroatoms. The summed E-state index contributed by atoms with van der Waals surface area (Å²) in [7, 11) is 0. The van der Waals surface area contributed by atoms with Crippen molar-refractivity contribution in [3.63, 3.8) is 0 Å². The van der Waals surface area contributed by atoms with Gasteiger partial charge in [-0.05, 0) is 18.1 Å². The maximum Gasteiger partial charge on any atom is 0.306 e. The zero-order chi connectivity index (χ0) is 16.5. The number of carbonyl (C=O) groups is 2. The van der Waals surface area contributed by atoms with E-state index in [9.17, 15) is 9.59 Å². The number of rotatable bonds is 7.